The zero-order chi connectivity index (χ0) is 20.3. The van der Waals surface area contributed by atoms with Gasteiger partial charge in [-0.05, 0) is 25.0 Å². The van der Waals surface area contributed by atoms with Crippen molar-refractivity contribution in [3.05, 3.63) is 53.6 Å². The molecule has 2 heterocycles. The lowest BCUT2D eigenvalue weighted by molar-refractivity contribution is 0.0936. The maximum atomic E-state index is 13.9. The van der Waals surface area contributed by atoms with Crippen LogP contribution in [0.5, 0.6) is 0 Å². The highest BCUT2D eigenvalue weighted by Crippen LogP contribution is 2.23. The number of carbonyl (C=O) groups is 1. The van der Waals surface area contributed by atoms with Crippen molar-refractivity contribution < 1.29 is 17.6 Å². The highest BCUT2D eigenvalue weighted by molar-refractivity contribution is 7.89. The number of aryl methyl sites for hydroxylation is 1. The monoisotopic (exact) mass is 404 g/mol. The number of carbonyl (C=O) groups excluding carboxylic acids is 1. The molecule has 1 aliphatic heterocycles. The molecule has 0 saturated carbocycles. The summed E-state index contributed by atoms with van der Waals surface area (Å²) < 4.78 is 42.3. The van der Waals surface area contributed by atoms with Crippen molar-refractivity contribution in [2.45, 2.75) is 30.2 Å². The highest BCUT2D eigenvalue weighted by atomic mass is 32.2. The average molecular weight is 404 g/mol. The Morgan fingerprint density at radius 2 is 1.93 bits per heavy atom. The van der Waals surface area contributed by atoms with Crippen molar-refractivity contribution in [3.63, 3.8) is 0 Å². The van der Waals surface area contributed by atoms with Crippen molar-refractivity contribution >= 4 is 15.9 Å². The van der Waals surface area contributed by atoms with Crippen molar-refractivity contribution in [1.82, 2.24) is 14.2 Å². The quantitative estimate of drug-likeness (QED) is 0.827. The molecule has 1 unspecified atom stereocenters. The van der Waals surface area contributed by atoms with E-state index in [-0.39, 0.29) is 16.2 Å². The minimum Gasteiger partial charge on any atom is -0.345 e. The predicted molar refractivity (Wildman–Crippen MR) is 100 cm³/mol. The topological polar surface area (TPSA) is 95.2 Å². The largest absolute Gasteiger partial charge is 0.345 e. The predicted octanol–water partition coefficient (Wildman–Crippen LogP) is 2.33. The lowest BCUT2D eigenvalue weighted by atomic mass is 10.1. The molecule has 0 spiro atoms. The fraction of sp³-hybridized carbons (Fsp3) is 0.368. The van der Waals surface area contributed by atoms with Crippen LogP contribution >= 0.6 is 0 Å². The maximum absolute atomic E-state index is 13.9. The van der Waals surface area contributed by atoms with Gasteiger partial charge in [-0.15, -0.1) is 0 Å². The molecule has 1 saturated heterocycles. The maximum Gasteiger partial charge on any atom is 0.269 e. The Labute approximate surface area is 163 Å². The zero-order valence-corrected chi connectivity index (χ0v) is 16.2. The summed E-state index contributed by atoms with van der Waals surface area (Å²) in [5, 5.41) is 11.8. The molecule has 3 rings (SSSR count). The van der Waals surface area contributed by atoms with Crippen LogP contribution in [-0.4, -0.2) is 36.3 Å². The molecule has 1 amide bonds. The Morgan fingerprint density at radius 1 is 1.25 bits per heavy atom. The van der Waals surface area contributed by atoms with E-state index in [2.05, 4.69) is 5.32 Å². The van der Waals surface area contributed by atoms with E-state index in [4.69, 9.17) is 0 Å². The van der Waals surface area contributed by atoms with Crippen LogP contribution < -0.4 is 5.32 Å². The van der Waals surface area contributed by atoms with Gasteiger partial charge in [0, 0.05) is 31.9 Å². The van der Waals surface area contributed by atoms with E-state index in [0.29, 0.717) is 13.1 Å². The molecule has 1 fully saturated rings. The van der Waals surface area contributed by atoms with Crippen molar-refractivity contribution in [1.29, 1.82) is 5.26 Å². The van der Waals surface area contributed by atoms with Gasteiger partial charge in [0.05, 0.1) is 6.07 Å². The molecule has 28 heavy (non-hydrogen) atoms. The number of rotatable bonds is 5. The third-order valence-corrected chi connectivity index (χ3v) is 6.65. The standard InChI is InChI=1S/C19H21FN4O3S/c1-23-13-14(28(26,27)24-9-5-2-6-10-24)11-18(23)19(25)22-17(12-21)15-7-3-4-8-16(15)20/h3-4,7-8,11,13,17H,2,5-6,9-10H2,1H3,(H,22,25). The molecule has 0 bridgehead atoms. The fourth-order valence-electron chi connectivity index (χ4n) is 3.25. The Hall–Kier alpha value is -2.70. The Morgan fingerprint density at radius 3 is 2.57 bits per heavy atom. The summed E-state index contributed by atoms with van der Waals surface area (Å²) in [6.45, 7) is 0.922. The minimum atomic E-state index is -3.68. The number of nitriles is 1. The van der Waals surface area contributed by atoms with Crippen LogP contribution in [0.2, 0.25) is 0 Å². The SMILES string of the molecule is Cn1cc(S(=O)(=O)N2CCCCC2)cc1C(=O)NC(C#N)c1ccccc1F. The van der Waals surface area contributed by atoms with Crippen LogP contribution in [0.3, 0.4) is 0 Å². The molecule has 1 aromatic heterocycles. The first-order valence-electron chi connectivity index (χ1n) is 8.96. The van der Waals surface area contributed by atoms with Gasteiger partial charge in [-0.1, -0.05) is 24.6 Å². The summed E-state index contributed by atoms with van der Waals surface area (Å²) in [6.07, 6.45) is 4.00. The number of benzene rings is 1. The molecule has 2 aromatic rings. The average Bonchev–Trinajstić information content (AvgIpc) is 3.10. The first-order chi connectivity index (χ1) is 13.3. The van der Waals surface area contributed by atoms with Gasteiger partial charge < -0.3 is 9.88 Å². The summed E-state index contributed by atoms with van der Waals surface area (Å²) in [5.41, 5.74) is 0.126. The molecule has 9 heteroatoms. The second kappa shape index (κ2) is 8.12. The molecule has 0 radical (unpaired) electrons. The normalized spacial score (nSPS) is 16.3. The van der Waals surface area contributed by atoms with E-state index in [9.17, 15) is 22.9 Å². The highest BCUT2D eigenvalue weighted by Gasteiger charge is 2.29. The van der Waals surface area contributed by atoms with Crippen LogP contribution in [0.4, 0.5) is 4.39 Å². The number of aromatic nitrogens is 1. The molecule has 7 nitrogen and oxygen atoms in total. The number of hydrogen-bond acceptors (Lipinski definition) is 4. The van der Waals surface area contributed by atoms with Crippen molar-refractivity contribution in [3.8, 4) is 6.07 Å². The van der Waals surface area contributed by atoms with Crippen LogP contribution in [0.25, 0.3) is 0 Å². The van der Waals surface area contributed by atoms with Gasteiger partial charge in [0.25, 0.3) is 5.91 Å². The van der Waals surface area contributed by atoms with E-state index in [1.807, 2.05) is 6.07 Å². The summed E-state index contributed by atoms with van der Waals surface area (Å²) in [4.78, 5) is 12.7. The minimum absolute atomic E-state index is 0.0291. The van der Waals surface area contributed by atoms with E-state index >= 15 is 0 Å². The number of amides is 1. The first kappa shape index (κ1) is 20.0. The van der Waals surface area contributed by atoms with Gasteiger partial charge in [0.1, 0.15) is 22.4 Å². The number of sulfonamides is 1. The van der Waals surface area contributed by atoms with Gasteiger partial charge in [-0.2, -0.15) is 9.57 Å². The third-order valence-electron chi connectivity index (χ3n) is 4.79. The Kier molecular flexibility index (Phi) is 5.82. The van der Waals surface area contributed by atoms with Gasteiger partial charge in [0.15, 0.2) is 0 Å². The molecule has 1 N–H and O–H groups in total. The van der Waals surface area contributed by atoms with Crippen molar-refractivity contribution in [2.24, 2.45) is 7.05 Å². The molecule has 1 atom stereocenters. The lowest BCUT2D eigenvalue weighted by Crippen LogP contribution is -2.35. The smallest absolute Gasteiger partial charge is 0.269 e. The Balaban J connectivity index is 1.83. The summed E-state index contributed by atoms with van der Waals surface area (Å²) in [5.74, 6) is -1.26. The molecule has 1 aromatic carbocycles. The number of nitrogens with zero attached hydrogens (tertiary/aromatic N) is 3. The fourth-order valence-corrected chi connectivity index (χ4v) is 4.84. The van der Waals surface area contributed by atoms with Crippen LogP contribution in [0, 0.1) is 17.1 Å². The van der Waals surface area contributed by atoms with E-state index in [0.717, 1.165) is 19.3 Å². The zero-order valence-electron chi connectivity index (χ0n) is 15.4. The second-order valence-corrected chi connectivity index (χ2v) is 8.63. The number of halogens is 1. The number of piperidine rings is 1. The third kappa shape index (κ3) is 3.93. The van der Waals surface area contributed by atoms with Crippen LogP contribution in [0.1, 0.15) is 41.4 Å². The van der Waals surface area contributed by atoms with E-state index < -0.39 is 27.8 Å². The molecule has 1 aliphatic rings. The van der Waals surface area contributed by atoms with Gasteiger partial charge in [-0.25, -0.2) is 12.8 Å². The Bertz CT molecular complexity index is 1020. The number of nitrogens with one attached hydrogen (secondary N) is 1. The molecular weight excluding hydrogens is 383 g/mol. The number of hydrogen-bond donors (Lipinski definition) is 1. The van der Waals surface area contributed by atoms with Gasteiger partial charge in [0.2, 0.25) is 10.0 Å². The first-order valence-corrected chi connectivity index (χ1v) is 10.4. The van der Waals surface area contributed by atoms with Crippen LogP contribution in [-0.2, 0) is 17.1 Å². The summed E-state index contributed by atoms with van der Waals surface area (Å²) in [6, 6.07) is 7.64. The summed E-state index contributed by atoms with van der Waals surface area (Å²) >= 11 is 0. The van der Waals surface area contributed by atoms with E-state index in [1.54, 1.807) is 13.1 Å². The van der Waals surface area contributed by atoms with Gasteiger partial charge >= 0.3 is 0 Å². The molecule has 0 aliphatic carbocycles. The summed E-state index contributed by atoms with van der Waals surface area (Å²) in [7, 11) is -2.13. The van der Waals surface area contributed by atoms with Gasteiger partial charge in [-0.3, -0.25) is 4.79 Å². The lowest BCUT2D eigenvalue weighted by Gasteiger charge is -2.25. The van der Waals surface area contributed by atoms with Crippen LogP contribution in [0.15, 0.2) is 41.4 Å². The van der Waals surface area contributed by atoms with Crippen molar-refractivity contribution in [2.75, 3.05) is 13.1 Å². The molecular formula is C19H21FN4O3S. The van der Waals surface area contributed by atoms with E-state index in [1.165, 1.54) is 39.3 Å². The second-order valence-electron chi connectivity index (χ2n) is 6.69. The molecule has 148 valence electrons.